The number of hydrogen-bond donors (Lipinski definition) is 4. The second-order valence-corrected chi connectivity index (χ2v) is 14.1. The minimum Gasteiger partial charge on any atom is -0.507 e. The number of aliphatic hydroxyl groups is 1. The molecule has 0 fully saturated rings. The van der Waals surface area contributed by atoms with Gasteiger partial charge in [-0.25, -0.2) is 0 Å². The lowest BCUT2D eigenvalue weighted by molar-refractivity contribution is -0.156. The normalized spacial score (nSPS) is 31.4. The van der Waals surface area contributed by atoms with Crippen LogP contribution in [-0.2, 0) is 14.3 Å². The van der Waals surface area contributed by atoms with Crippen LogP contribution in [0.5, 0.6) is 17.2 Å². The van der Waals surface area contributed by atoms with Gasteiger partial charge in [0.05, 0.1) is 22.4 Å². The van der Waals surface area contributed by atoms with E-state index in [-0.39, 0.29) is 80.6 Å². The molecule has 0 radical (unpaired) electrons. The van der Waals surface area contributed by atoms with Crippen LogP contribution in [-0.4, -0.2) is 57.5 Å². The number of carbonyl (C=O) groups is 3. The Hall–Kier alpha value is -4.25. The molecular weight excluding hydrogens is 614 g/mol. The number of aliphatic hydroxyl groups excluding tert-OH is 1. The molecule has 0 saturated carbocycles. The number of phenolic OH excluding ortho intramolecular Hbond substituents is 2. The van der Waals surface area contributed by atoms with Gasteiger partial charge in [0.1, 0.15) is 35.3 Å². The zero-order valence-corrected chi connectivity index (χ0v) is 29.0. The van der Waals surface area contributed by atoms with Crippen molar-refractivity contribution in [3.8, 4) is 17.2 Å². The Bertz CT molecular complexity index is 1860. The SMILES string of the molecule is CC(=O)O[C@H]1[C@H](C)[C@H](O)[C@H](C)C[C@@H](C)/C=C/C=C(/C)C(=O)Nc2c(O)c3c(O)c(C)c4c(c3c3c2=NCN=3)C(=O)[C@@](C)(CCC[C@H]1C)O4. The minimum atomic E-state index is -1.28. The third kappa shape index (κ3) is 6.20. The molecule has 11 heteroatoms. The van der Waals surface area contributed by atoms with Gasteiger partial charge in [0.15, 0.2) is 11.4 Å². The van der Waals surface area contributed by atoms with E-state index in [0.29, 0.717) is 36.6 Å². The molecule has 258 valence electrons. The Morgan fingerprint density at radius 3 is 2.42 bits per heavy atom. The van der Waals surface area contributed by atoms with Crippen LogP contribution in [0.25, 0.3) is 10.8 Å². The Morgan fingerprint density at radius 1 is 1.04 bits per heavy atom. The average molecular weight is 662 g/mol. The highest BCUT2D eigenvalue weighted by Gasteiger charge is 2.47. The number of aromatic hydroxyl groups is 2. The fourth-order valence-electron chi connectivity index (χ4n) is 7.48. The molecule has 0 aromatic heterocycles. The molecule has 0 spiro atoms. The van der Waals surface area contributed by atoms with Crippen molar-refractivity contribution >= 4 is 34.1 Å². The third-order valence-electron chi connectivity index (χ3n) is 10.3. The van der Waals surface area contributed by atoms with E-state index in [4.69, 9.17) is 9.47 Å². The fraction of sp³-hybridized carbons (Fsp3) is 0.541. The van der Waals surface area contributed by atoms with E-state index in [2.05, 4.69) is 15.3 Å². The van der Waals surface area contributed by atoms with Crippen LogP contribution < -0.4 is 20.8 Å². The number of benzene rings is 2. The van der Waals surface area contributed by atoms with E-state index >= 15 is 0 Å². The topological polar surface area (TPSA) is 167 Å². The lowest BCUT2D eigenvalue weighted by Gasteiger charge is -2.35. The number of esters is 1. The molecule has 2 aromatic rings. The first-order valence-corrected chi connectivity index (χ1v) is 16.8. The Morgan fingerprint density at radius 2 is 1.73 bits per heavy atom. The molecule has 4 bridgehead atoms. The maximum absolute atomic E-state index is 14.3. The molecule has 2 aromatic carbocycles. The van der Waals surface area contributed by atoms with E-state index in [1.807, 2.05) is 33.8 Å². The lowest BCUT2D eigenvalue weighted by atomic mass is 9.79. The summed E-state index contributed by atoms with van der Waals surface area (Å²) in [6.07, 6.45) is 6.24. The summed E-state index contributed by atoms with van der Waals surface area (Å²) in [7, 11) is 0. The third-order valence-corrected chi connectivity index (χ3v) is 10.3. The van der Waals surface area contributed by atoms with Crippen molar-refractivity contribution in [2.24, 2.45) is 33.7 Å². The van der Waals surface area contributed by atoms with Crippen LogP contribution in [0.3, 0.4) is 0 Å². The van der Waals surface area contributed by atoms with Crippen molar-refractivity contribution in [2.45, 2.75) is 98.9 Å². The number of amides is 1. The number of ether oxygens (including phenoxy) is 2. The Labute approximate surface area is 280 Å². The van der Waals surface area contributed by atoms with Crippen molar-refractivity contribution in [2.75, 3.05) is 12.0 Å². The van der Waals surface area contributed by atoms with Crippen LogP contribution in [0, 0.1) is 30.6 Å². The van der Waals surface area contributed by atoms with E-state index in [1.165, 1.54) is 6.92 Å². The largest absolute Gasteiger partial charge is 0.507 e. The minimum absolute atomic E-state index is 0.00395. The molecule has 1 amide bonds. The van der Waals surface area contributed by atoms with Crippen LogP contribution in [0.2, 0.25) is 0 Å². The van der Waals surface area contributed by atoms with E-state index in [0.717, 1.165) is 0 Å². The van der Waals surface area contributed by atoms with Gasteiger partial charge in [0, 0.05) is 29.4 Å². The first-order valence-electron chi connectivity index (χ1n) is 16.8. The van der Waals surface area contributed by atoms with Crippen molar-refractivity contribution in [3.05, 3.63) is 45.6 Å². The number of hydrogen-bond acceptors (Lipinski definition) is 10. The van der Waals surface area contributed by atoms with Gasteiger partial charge in [-0.05, 0) is 64.2 Å². The van der Waals surface area contributed by atoms with Gasteiger partial charge in [-0.1, -0.05) is 45.9 Å². The molecule has 3 heterocycles. The van der Waals surface area contributed by atoms with E-state index in [9.17, 15) is 29.7 Å². The molecule has 0 saturated heterocycles. The second-order valence-electron chi connectivity index (χ2n) is 14.1. The summed E-state index contributed by atoms with van der Waals surface area (Å²) in [6.45, 7) is 14.2. The van der Waals surface area contributed by atoms with Gasteiger partial charge >= 0.3 is 5.97 Å². The van der Waals surface area contributed by atoms with Crippen molar-refractivity contribution < 1.29 is 39.2 Å². The van der Waals surface area contributed by atoms with Crippen molar-refractivity contribution in [1.29, 1.82) is 0 Å². The summed E-state index contributed by atoms with van der Waals surface area (Å²) in [5.41, 5.74) is -0.437. The first kappa shape index (κ1) is 35.1. The van der Waals surface area contributed by atoms with Crippen LogP contribution in [0.15, 0.2) is 33.8 Å². The van der Waals surface area contributed by atoms with E-state index in [1.54, 1.807) is 32.9 Å². The maximum atomic E-state index is 14.3. The number of fused-ring (bicyclic) bond motifs is 1. The first-order chi connectivity index (χ1) is 22.6. The molecule has 0 aliphatic carbocycles. The summed E-state index contributed by atoms with van der Waals surface area (Å²) in [4.78, 5) is 48.7. The predicted molar refractivity (Wildman–Crippen MR) is 181 cm³/mol. The molecule has 3 aliphatic rings. The second kappa shape index (κ2) is 13.3. The Kier molecular flexibility index (Phi) is 9.74. The summed E-state index contributed by atoms with van der Waals surface area (Å²) in [5.74, 6) is -2.22. The van der Waals surface area contributed by atoms with Crippen LogP contribution in [0.1, 0.15) is 90.1 Å². The van der Waals surface area contributed by atoms with Crippen LogP contribution >= 0.6 is 0 Å². The predicted octanol–water partition coefficient (Wildman–Crippen LogP) is 4.96. The molecule has 5 rings (SSSR count). The number of Topliss-reactive ketones (excluding diaryl/α,β-unsaturated/α-hetero) is 1. The lowest BCUT2D eigenvalue weighted by Crippen LogP contribution is -2.41. The van der Waals surface area contributed by atoms with Crippen LogP contribution in [0.4, 0.5) is 5.69 Å². The molecule has 7 atom stereocenters. The summed E-state index contributed by atoms with van der Waals surface area (Å²) < 4.78 is 12.2. The molecular formula is C37H47N3O8. The fourth-order valence-corrected chi connectivity index (χ4v) is 7.48. The molecule has 3 aliphatic heterocycles. The van der Waals surface area contributed by atoms with Crippen molar-refractivity contribution in [3.63, 3.8) is 0 Å². The Balaban J connectivity index is 1.64. The van der Waals surface area contributed by atoms with Gasteiger partial charge in [0.25, 0.3) is 5.91 Å². The highest BCUT2D eigenvalue weighted by Crippen LogP contribution is 2.50. The smallest absolute Gasteiger partial charge is 0.302 e. The highest BCUT2D eigenvalue weighted by molar-refractivity contribution is 6.20. The maximum Gasteiger partial charge on any atom is 0.302 e. The molecule has 4 N–H and O–H groups in total. The number of anilines is 1. The van der Waals surface area contributed by atoms with Gasteiger partial charge in [0.2, 0.25) is 5.78 Å². The van der Waals surface area contributed by atoms with Gasteiger partial charge in [-0.15, -0.1) is 0 Å². The quantitative estimate of drug-likeness (QED) is 0.246. The number of nitrogens with zero attached hydrogens (tertiary/aromatic N) is 2. The number of allylic oxidation sites excluding steroid dienone is 3. The summed E-state index contributed by atoms with van der Waals surface area (Å²) in [5, 5.41) is 37.9. The molecule has 0 unspecified atom stereocenters. The number of phenols is 2. The zero-order chi connectivity index (χ0) is 35.2. The van der Waals surface area contributed by atoms with E-state index < -0.39 is 35.4 Å². The number of nitrogens with one attached hydrogen (secondary N) is 1. The van der Waals surface area contributed by atoms with Gasteiger partial charge in [-0.2, -0.15) is 0 Å². The summed E-state index contributed by atoms with van der Waals surface area (Å²) >= 11 is 0. The monoisotopic (exact) mass is 661 g/mol. The molecule has 48 heavy (non-hydrogen) atoms. The molecule has 11 nitrogen and oxygen atoms in total. The average Bonchev–Trinajstić information content (AvgIpc) is 3.61. The van der Waals surface area contributed by atoms with Gasteiger partial charge < -0.3 is 30.1 Å². The standard InChI is InChI=1S/C37H47N3O8/c1-17-11-9-12-19(3)36(46)40-29-28-27(38-16-39-28)24-25(32(29)44)31(43)22(6)34-26(24)35(45)37(8,48-34)14-10-13-18(2)33(47-23(7)41)21(5)30(42)20(4)15-17/h9,11-12,17-18,20-21,30,33,42-44H,10,13-16H2,1-8H3,(H,40,46)/b11-9+,19-12-/t17-,18+,20+,21+,30+,33+,37+/m0/s1. The van der Waals surface area contributed by atoms with Gasteiger partial charge in [-0.3, -0.25) is 24.4 Å². The number of ketones is 1. The van der Waals surface area contributed by atoms with Crippen molar-refractivity contribution in [1.82, 2.24) is 0 Å². The zero-order valence-electron chi connectivity index (χ0n) is 29.0. The highest BCUT2D eigenvalue weighted by atomic mass is 16.5. The number of carbonyl (C=O) groups excluding carboxylic acids is 3. The summed E-state index contributed by atoms with van der Waals surface area (Å²) in [6, 6.07) is 0. The number of rotatable bonds is 1.